The summed E-state index contributed by atoms with van der Waals surface area (Å²) < 4.78 is 0. The van der Waals surface area contributed by atoms with Crippen molar-refractivity contribution in [3.63, 3.8) is 0 Å². The molecule has 1 aliphatic rings. The number of carbonyl (C=O) groups is 4. The third-order valence-electron chi connectivity index (χ3n) is 5.83. The number of aromatic nitrogens is 1. The minimum absolute atomic E-state index is 0.0892. The molecule has 170 valence electrons. The van der Waals surface area contributed by atoms with Crippen molar-refractivity contribution in [3.8, 4) is 0 Å². The van der Waals surface area contributed by atoms with Crippen molar-refractivity contribution in [1.29, 1.82) is 0 Å². The van der Waals surface area contributed by atoms with Crippen molar-refractivity contribution in [2.45, 2.75) is 13.0 Å². The van der Waals surface area contributed by atoms with Crippen LogP contribution < -0.4 is 10.6 Å². The first-order valence-corrected chi connectivity index (χ1v) is 10.7. The van der Waals surface area contributed by atoms with Crippen molar-refractivity contribution in [2.75, 3.05) is 32.0 Å². The summed E-state index contributed by atoms with van der Waals surface area (Å²) >= 11 is 0. The molecule has 1 aliphatic heterocycles. The lowest BCUT2D eigenvalue weighted by molar-refractivity contribution is -0.130. The van der Waals surface area contributed by atoms with E-state index >= 15 is 0 Å². The maximum absolute atomic E-state index is 13.1. The number of hydrogen-bond acceptors (Lipinski definition) is 4. The van der Waals surface area contributed by atoms with Crippen LogP contribution >= 0.6 is 0 Å². The van der Waals surface area contributed by atoms with Gasteiger partial charge in [0.05, 0.1) is 16.8 Å². The molecule has 4 rings (SSSR count). The fourth-order valence-electron chi connectivity index (χ4n) is 4.08. The highest BCUT2D eigenvalue weighted by atomic mass is 16.2. The molecule has 1 aromatic heterocycles. The maximum Gasteiger partial charge on any atom is 0.319 e. The molecule has 0 unspecified atom stereocenters. The first-order valence-electron chi connectivity index (χ1n) is 10.7. The van der Waals surface area contributed by atoms with Crippen LogP contribution in [0.5, 0.6) is 0 Å². The second kappa shape index (κ2) is 9.15. The molecule has 33 heavy (non-hydrogen) atoms. The van der Waals surface area contributed by atoms with Crippen molar-refractivity contribution < 1.29 is 19.2 Å². The summed E-state index contributed by atoms with van der Waals surface area (Å²) in [5.41, 5.74) is 1.90. The van der Waals surface area contributed by atoms with Gasteiger partial charge >= 0.3 is 6.03 Å². The lowest BCUT2D eigenvalue weighted by atomic mass is 10.1. The zero-order valence-electron chi connectivity index (χ0n) is 18.4. The Morgan fingerprint density at radius 1 is 1.00 bits per heavy atom. The molecule has 4 amide bonds. The van der Waals surface area contributed by atoms with E-state index in [1.165, 1.54) is 18.1 Å². The number of anilines is 1. The Kier molecular flexibility index (Phi) is 6.12. The van der Waals surface area contributed by atoms with E-state index in [0.29, 0.717) is 35.2 Å². The molecule has 0 saturated carbocycles. The number of ketones is 1. The van der Waals surface area contributed by atoms with Crippen molar-refractivity contribution >= 4 is 40.2 Å². The normalized spacial score (nSPS) is 15.9. The van der Waals surface area contributed by atoms with Gasteiger partial charge in [-0.2, -0.15) is 0 Å². The second-order valence-electron chi connectivity index (χ2n) is 7.93. The average Bonchev–Trinajstić information content (AvgIpc) is 3.28. The molecule has 0 aliphatic carbocycles. The van der Waals surface area contributed by atoms with Gasteiger partial charge in [0.2, 0.25) is 0 Å². The summed E-state index contributed by atoms with van der Waals surface area (Å²) in [5, 5.41) is 5.71. The Labute approximate surface area is 190 Å². The molecule has 3 N–H and O–H groups in total. The number of hydrogen-bond donors (Lipinski definition) is 3. The van der Waals surface area contributed by atoms with Gasteiger partial charge in [-0.15, -0.1) is 0 Å². The van der Waals surface area contributed by atoms with Gasteiger partial charge in [-0.25, -0.2) is 4.79 Å². The van der Waals surface area contributed by atoms with E-state index < -0.39 is 17.7 Å². The van der Waals surface area contributed by atoms with E-state index in [-0.39, 0.29) is 24.1 Å². The Morgan fingerprint density at radius 3 is 2.45 bits per heavy atom. The van der Waals surface area contributed by atoms with Gasteiger partial charge in [-0.3, -0.25) is 14.4 Å². The molecule has 0 bridgehead atoms. The van der Waals surface area contributed by atoms with E-state index in [9.17, 15) is 19.2 Å². The van der Waals surface area contributed by atoms with Crippen LogP contribution in [0.3, 0.4) is 0 Å². The number of nitrogens with one attached hydrogen (secondary N) is 3. The Hall–Kier alpha value is -4.14. The van der Waals surface area contributed by atoms with E-state index in [1.807, 2.05) is 25.1 Å². The summed E-state index contributed by atoms with van der Waals surface area (Å²) in [6.45, 7) is 2.80. The van der Waals surface area contributed by atoms with Crippen LogP contribution in [0.2, 0.25) is 0 Å². The summed E-state index contributed by atoms with van der Waals surface area (Å²) in [5.74, 6) is -1.33. The number of piperazine rings is 1. The summed E-state index contributed by atoms with van der Waals surface area (Å²) in [6, 6.07) is 13.4. The molecule has 1 atom stereocenters. The number of nitrogens with zero attached hydrogens (tertiary/aromatic N) is 2. The van der Waals surface area contributed by atoms with Gasteiger partial charge in [0.15, 0.2) is 0 Å². The van der Waals surface area contributed by atoms with Gasteiger partial charge in [0.1, 0.15) is 0 Å². The molecule has 1 saturated heterocycles. The largest absolute Gasteiger partial charge is 0.359 e. The number of benzene rings is 2. The van der Waals surface area contributed by atoms with Gasteiger partial charge in [0, 0.05) is 49.9 Å². The third kappa shape index (κ3) is 4.30. The van der Waals surface area contributed by atoms with Crippen LogP contribution in [0, 0.1) is 0 Å². The quantitative estimate of drug-likeness (QED) is 0.421. The van der Waals surface area contributed by atoms with Crippen molar-refractivity contribution in [2.24, 2.45) is 0 Å². The van der Waals surface area contributed by atoms with Crippen LogP contribution in [-0.4, -0.2) is 71.1 Å². The molecule has 2 aromatic carbocycles. The number of urea groups is 1. The number of amides is 4. The minimum Gasteiger partial charge on any atom is -0.359 e. The highest BCUT2D eigenvalue weighted by Gasteiger charge is 2.34. The van der Waals surface area contributed by atoms with Crippen molar-refractivity contribution in [1.82, 2.24) is 20.1 Å². The van der Waals surface area contributed by atoms with E-state index in [0.717, 1.165) is 0 Å². The van der Waals surface area contributed by atoms with Crippen molar-refractivity contribution in [3.05, 3.63) is 65.9 Å². The number of para-hydroxylation sites is 1. The van der Waals surface area contributed by atoms with Crippen LogP contribution in [0.15, 0.2) is 54.7 Å². The first kappa shape index (κ1) is 22.1. The summed E-state index contributed by atoms with van der Waals surface area (Å²) in [6.07, 6.45) is 1.49. The minimum atomic E-state index is -0.631. The monoisotopic (exact) mass is 447 g/mol. The number of H-pyrrole nitrogens is 1. The first-order chi connectivity index (χ1) is 15.9. The average molecular weight is 447 g/mol. The number of fused-ring (bicyclic) bond motifs is 1. The van der Waals surface area contributed by atoms with Gasteiger partial charge in [-0.05, 0) is 25.1 Å². The molecule has 3 aromatic rings. The maximum atomic E-state index is 13.1. The van der Waals surface area contributed by atoms with Crippen LogP contribution in [0.25, 0.3) is 10.9 Å². The lowest BCUT2D eigenvalue weighted by Gasteiger charge is -2.39. The van der Waals surface area contributed by atoms with E-state index in [4.69, 9.17) is 0 Å². The number of rotatable bonds is 4. The molecular weight excluding hydrogens is 422 g/mol. The zero-order chi connectivity index (χ0) is 23.5. The zero-order valence-corrected chi connectivity index (χ0v) is 18.4. The Morgan fingerprint density at radius 2 is 1.76 bits per heavy atom. The highest BCUT2D eigenvalue weighted by Crippen LogP contribution is 2.26. The van der Waals surface area contributed by atoms with E-state index in [2.05, 4.69) is 15.6 Å². The summed E-state index contributed by atoms with van der Waals surface area (Å²) in [4.78, 5) is 56.8. The Balaban J connectivity index is 1.49. The predicted molar refractivity (Wildman–Crippen MR) is 124 cm³/mol. The van der Waals surface area contributed by atoms with Gasteiger partial charge in [-0.1, -0.05) is 30.3 Å². The molecule has 9 heteroatoms. The smallest absolute Gasteiger partial charge is 0.319 e. The lowest BCUT2D eigenvalue weighted by Crippen LogP contribution is -2.56. The third-order valence-corrected chi connectivity index (χ3v) is 5.83. The SMILES string of the molecule is CNC(=O)Nc1cccc2c(C(=O)C(=O)N3CCN(C(=O)c4ccccc4)C[C@H]3C)c[nH]c12. The fourth-order valence-corrected chi connectivity index (χ4v) is 4.08. The summed E-state index contributed by atoms with van der Waals surface area (Å²) in [7, 11) is 1.51. The molecule has 0 spiro atoms. The predicted octanol–water partition coefficient (Wildman–Crippen LogP) is 2.47. The van der Waals surface area contributed by atoms with Gasteiger partial charge in [0.25, 0.3) is 17.6 Å². The molecule has 9 nitrogen and oxygen atoms in total. The molecule has 0 radical (unpaired) electrons. The molecule has 2 heterocycles. The van der Waals surface area contributed by atoms with E-state index in [1.54, 1.807) is 35.2 Å². The Bertz CT molecular complexity index is 1220. The number of aromatic amines is 1. The number of carbonyl (C=O) groups excluding carboxylic acids is 4. The number of Topliss-reactive ketones (excluding diaryl/α,β-unsaturated/α-hetero) is 1. The van der Waals surface area contributed by atoms with Crippen LogP contribution in [0.1, 0.15) is 27.6 Å². The standard InChI is InChI=1S/C24H25N5O4/c1-15-14-28(22(31)16-7-4-3-5-8-16)11-12-29(15)23(32)21(30)18-13-26-20-17(18)9-6-10-19(20)27-24(33)25-2/h3-10,13,15,26H,11-12,14H2,1-2H3,(H2,25,27,33)/t15-/m1/s1. The van der Waals surface area contributed by atoms with Crippen LogP contribution in [-0.2, 0) is 4.79 Å². The van der Waals surface area contributed by atoms with Gasteiger partial charge < -0.3 is 25.4 Å². The highest BCUT2D eigenvalue weighted by molar-refractivity contribution is 6.45. The second-order valence-corrected chi connectivity index (χ2v) is 7.93. The topological polar surface area (TPSA) is 115 Å². The fraction of sp³-hybridized carbons (Fsp3) is 0.250. The molecular formula is C24H25N5O4. The molecule has 1 fully saturated rings. The van der Waals surface area contributed by atoms with Crippen LogP contribution in [0.4, 0.5) is 10.5 Å².